The number of methoxy groups -OCH3 is 1. The van der Waals surface area contributed by atoms with Crippen LogP contribution >= 0.6 is 0 Å². The summed E-state index contributed by atoms with van der Waals surface area (Å²) in [6.07, 6.45) is 2.01. The van der Waals surface area contributed by atoms with Crippen LogP contribution in [0.15, 0.2) is 42.6 Å². The Morgan fingerprint density at radius 2 is 1.89 bits per heavy atom. The fraction of sp³-hybridized carbons (Fsp3) is 0.536. The molecule has 1 aliphatic rings. The molecule has 1 aliphatic heterocycles. The molecule has 1 fully saturated rings. The third kappa shape index (κ3) is 12.1. The number of benzene rings is 1. The van der Waals surface area contributed by atoms with E-state index in [1.165, 1.54) is 24.9 Å². The quantitative estimate of drug-likeness (QED) is 0.525. The van der Waals surface area contributed by atoms with Gasteiger partial charge in [0.05, 0.1) is 26.9 Å². The minimum Gasteiger partial charge on any atom is -0.503 e. The molecule has 9 nitrogen and oxygen atoms in total. The van der Waals surface area contributed by atoms with E-state index in [1.807, 2.05) is 32.0 Å². The van der Waals surface area contributed by atoms with Gasteiger partial charge in [-0.15, -0.1) is 0 Å². The fourth-order valence-electron chi connectivity index (χ4n) is 3.13. The summed E-state index contributed by atoms with van der Waals surface area (Å²) in [6.45, 7) is 11.9. The maximum Gasteiger partial charge on any atom is 0.331 e. The molecule has 0 radical (unpaired) electrons. The van der Waals surface area contributed by atoms with Crippen molar-refractivity contribution < 1.29 is 33.6 Å². The second-order valence-electron chi connectivity index (χ2n) is 8.68. The molecule has 2 unspecified atom stereocenters. The van der Waals surface area contributed by atoms with Crippen molar-refractivity contribution >= 4 is 11.9 Å². The van der Waals surface area contributed by atoms with E-state index in [2.05, 4.69) is 43.2 Å². The van der Waals surface area contributed by atoms with Crippen molar-refractivity contribution in [3.05, 3.63) is 53.9 Å². The number of nitrogens with one attached hydrogen (secondary N) is 1. The maximum absolute atomic E-state index is 12.4. The summed E-state index contributed by atoms with van der Waals surface area (Å²) in [5.41, 5.74) is 1.08. The molecule has 2 N–H and O–H groups in total. The molecule has 1 aromatic heterocycles. The van der Waals surface area contributed by atoms with Gasteiger partial charge in [-0.2, -0.15) is 0 Å². The molecule has 3 rings (SSSR count). The number of carbonyl (C=O) groups excluding carboxylic acids is 2. The number of rotatable bonds is 7. The number of amides is 1. The first kappa shape index (κ1) is 31.9. The molecule has 0 aliphatic carbocycles. The van der Waals surface area contributed by atoms with Crippen LogP contribution in [0.25, 0.3) is 0 Å². The number of esters is 1. The van der Waals surface area contributed by atoms with Crippen LogP contribution in [0, 0.1) is 18.8 Å². The Bertz CT molecular complexity index is 922. The average molecular weight is 519 g/mol. The van der Waals surface area contributed by atoms with E-state index in [1.54, 1.807) is 0 Å². The fourth-order valence-corrected chi connectivity index (χ4v) is 3.13. The van der Waals surface area contributed by atoms with Gasteiger partial charge in [0.1, 0.15) is 0 Å². The van der Waals surface area contributed by atoms with E-state index in [4.69, 9.17) is 18.9 Å². The summed E-state index contributed by atoms with van der Waals surface area (Å²) in [5.74, 6) is -1.16. The van der Waals surface area contributed by atoms with E-state index < -0.39 is 23.7 Å². The Balaban J connectivity index is 0.000000645. The number of nitrogens with zero attached hydrogens (tertiary/aromatic N) is 1. The number of ether oxygens (including phenoxy) is 4. The maximum atomic E-state index is 12.4. The van der Waals surface area contributed by atoms with Gasteiger partial charge < -0.3 is 29.4 Å². The van der Waals surface area contributed by atoms with Gasteiger partial charge in [0.2, 0.25) is 0 Å². The van der Waals surface area contributed by atoms with Gasteiger partial charge in [-0.05, 0) is 19.3 Å². The molecule has 206 valence electrons. The van der Waals surface area contributed by atoms with Crippen molar-refractivity contribution in [2.24, 2.45) is 11.8 Å². The smallest absolute Gasteiger partial charge is 0.331 e. The first-order valence-electron chi connectivity index (χ1n) is 12.7. The lowest BCUT2D eigenvalue weighted by Gasteiger charge is -2.18. The lowest BCUT2D eigenvalue weighted by molar-refractivity contribution is -0.148. The molecule has 37 heavy (non-hydrogen) atoms. The molecular weight excluding hydrogens is 476 g/mol. The van der Waals surface area contributed by atoms with Crippen molar-refractivity contribution in [3.8, 4) is 11.5 Å². The van der Waals surface area contributed by atoms with Gasteiger partial charge in [-0.1, -0.05) is 63.6 Å². The largest absolute Gasteiger partial charge is 0.503 e. The Hall–Kier alpha value is -3.17. The molecule has 1 aromatic carbocycles. The van der Waals surface area contributed by atoms with E-state index in [9.17, 15) is 14.7 Å². The summed E-state index contributed by atoms with van der Waals surface area (Å²) in [4.78, 5) is 28.6. The number of aromatic nitrogens is 1. The second kappa shape index (κ2) is 18.1. The molecule has 9 heteroatoms. The standard InChI is InChI=1S/C19H28N2O7.C7H8.C2H6/c1-12(2)8-27-9-13-5-7-26-11-14(19(24)28-10-13)21-18(23)16-17(22)15(25-3)4-6-20-16;1-7-5-3-2-4-6-7;1-2/h4,6,12-14,22H,5,7-11H2,1-3H3,(H,21,23);2-6H,1H3;1-2H3. The number of aryl methyl sites for hydroxylation is 1. The van der Waals surface area contributed by atoms with Gasteiger partial charge in [0.25, 0.3) is 5.91 Å². The third-order valence-corrected chi connectivity index (χ3v) is 5.07. The van der Waals surface area contributed by atoms with Gasteiger partial charge in [-0.25, -0.2) is 9.78 Å². The first-order chi connectivity index (χ1) is 17.8. The average Bonchev–Trinajstić information content (AvgIpc) is 2.97. The van der Waals surface area contributed by atoms with E-state index in [0.29, 0.717) is 32.2 Å². The third-order valence-electron chi connectivity index (χ3n) is 5.07. The van der Waals surface area contributed by atoms with Crippen molar-refractivity contribution in [2.45, 2.75) is 47.1 Å². The van der Waals surface area contributed by atoms with Crippen LogP contribution in [-0.2, 0) is 19.0 Å². The number of cyclic esters (lactones) is 1. The zero-order valence-corrected chi connectivity index (χ0v) is 22.9. The van der Waals surface area contributed by atoms with Crippen LogP contribution in [0.4, 0.5) is 0 Å². The Morgan fingerprint density at radius 1 is 1.19 bits per heavy atom. The molecule has 1 saturated heterocycles. The van der Waals surface area contributed by atoms with E-state index in [0.717, 1.165) is 0 Å². The zero-order valence-electron chi connectivity index (χ0n) is 22.9. The van der Waals surface area contributed by atoms with E-state index in [-0.39, 0.29) is 30.6 Å². The van der Waals surface area contributed by atoms with Gasteiger partial charge in [0.15, 0.2) is 23.2 Å². The molecule has 2 aromatic rings. The molecule has 1 amide bonds. The lowest BCUT2D eigenvalue weighted by Crippen LogP contribution is -2.45. The van der Waals surface area contributed by atoms with Gasteiger partial charge in [-0.3, -0.25) is 4.79 Å². The van der Waals surface area contributed by atoms with Crippen LogP contribution in [0.1, 0.15) is 50.2 Å². The number of hydrogen-bond acceptors (Lipinski definition) is 8. The molecule has 0 bridgehead atoms. The van der Waals surface area contributed by atoms with Crippen LogP contribution in [0.2, 0.25) is 0 Å². The number of carbonyl (C=O) groups is 2. The molecule has 2 atom stereocenters. The summed E-state index contributed by atoms with van der Waals surface area (Å²) in [6, 6.07) is 10.7. The normalized spacial score (nSPS) is 17.4. The highest BCUT2D eigenvalue weighted by atomic mass is 16.5. The topological polar surface area (TPSA) is 116 Å². The van der Waals surface area contributed by atoms with Crippen LogP contribution in [0.3, 0.4) is 0 Å². The SMILES string of the molecule is CC.COc1ccnc(C(=O)NC2COCCC(COCC(C)C)COC2=O)c1O.Cc1ccccc1. The van der Waals surface area contributed by atoms with Crippen molar-refractivity contribution in [3.63, 3.8) is 0 Å². The molecule has 0 spiro atoms. The summed E-state index contributed by atoms with van der Waals surface area (Å²) >= 11 is 0. The Kier molecular flexibility index (Phi) is 15.6. The van der Waals surface area contributed by atoms with Crippen LogP contribution in [-0.4, -0.2) is 68.2 Å². The van der Waals surface area contributed by atoms with Crippen molar-refractivity contribution in [1.29, 1.82) is 0 Å². The Morgan fingerprint density at radius 3 is 2.49 bits per heavy atom. The van der Waals surface area contributed by atoms with E-state index >= 15 is 0 Å². The highest BCUT2D eigenvalue weighted by Gasteiger charge is 2.28. The number of pyridine rings is 1. The summed E-state index contributed by atoms with van der Waals surface area (Å²) < 4.78 is 21.5. The second-order valence-corrected chi connectivity index (χ2v) is 8.68. The van der Waals surface area contributed by atoms with Crippen molar-refractivity contribution in [1.82, 2.24) is 10.3 Å². The number of hydrogen-bond donors (Lipinski definition) is 2. The predicted molar refractivity (Wildman–Crippen MR) is 142 cm³/mol. The van der Waals surface area contributed by atoms with Gasteiger partial charge in [0, 0.05) is 31.4 Å². The predicted octanol–water partition coefficient (Wildman–Crippen LogP) is 4.17. The summed E-state index contributed by atoms with van der Waals surface area (Å²) in [7, 11) is 1.36. The summed E-state index contributed by atoms with van der Waals surface area (Å²) in [5, 5.41) is 12.5. The highest BCUT2D eigenvalue weighted by molar-refractivity contribution is 5.97. The zero-order chi connectivity index (χ0) is 27.6. The van der Waals surface area contributed by atoms with Crippen LogP contribution in [0.5, 0.6) is 11.5 Å². The minimum absolute atomic E-state index is 0.0289. The lowest BCUT2D eigenvalue weighted by atomic mass is 10.1. The molecule has 0 saturated carbocycles. The highest BCUT2D eigenvalue weighted by Crippen LogP contribution is 2.27. The Labute approximate surface area is 220 Å². The molecule has 2 heterocycles. The van der Waals surface area contributed by atoms with Gasteiger partial charge >= 0.3 is 5.97 Å². The van der Waals surface area contributed by atoms with Crippen molar-refractivity contribution in [2.75, 3.05) is 40.1 Å². The monoisotopic (exact) mass is 518 g/mol. The molecular formula is C28H42N2O7. The first-order valence-corrected chi connectivity index (χ1v) is 12.7. The minimum atomic E-state index is -1.00. The van der Waals surface area contributed by atoms with Crippen LogP contribution < -0.4 is 10.1 Å². The number of aromatic hydroxyl groups is 1.